The fourth-order valence-corrected chi connectivity index (χ4v) is 8.30. The van der Waals surface area contributed by atoms with Gasteiger partial charge in [0.25, 0.3) is 0 Å². The molecule has 0 bridgehead atoms. The van der Waals surface area contributed by atoms with Gasteiger partial charge in [0.2, 0.25) is 5.95 Å². The largest absolute Gasteiger partial charge is 0.278 e. The van der Waals surface area contributed by atoms with Crippen molar-refractivity contribution in [2.45, 2.75) is 18.7 Å². The molecule has 0 saturated carbocycles. The van der Waals surface area contributed by atoms with Crippen molar-refractivity contribution >= 4 is 39.1 Å². The van der Waals surface area contributed by atoms with Gasteiger partial charge in [-0.1, -0.05) is 141 Å². The van der Waals surface area contributed by atoms with Gasteiger partial charge in [0.15, 0.2) is 0 Å². The molecule has 1 aliphatic heterocycles. The Bertz CT molecular complexity index is 2300. The normalized spacial score (nSPS) is 14.8. The third-order valence-electron chi connectivity index (χ3n) is 9.08. The summed E-state index contributed by atoms with van der Waals surface area (Å²) < 4.78 is 2.26. The van der Waals surface area contributed by atoms with Crippen LogP contribution in [0.1, 0.15) is 19.4 Å². The lowest BCUT2D eigenvalue weighted by Gasteiger charge is -2.24. The number of nitrogens with zero attached hydrogens (tertiary/aromatic N) is 3. The minimum Gasteiger partial charge on any atom is -0.278 e. The average molecular weight is 596 g/mol. The number of thioether (sulfide) groups is 1. The van der Waals surface area contributed by atoms with E-state index in [-0.39, 0.29) is 5.41 Å². The standard InChI is InChI=1S/C41H29N3S/c1-41(2)24-23-36-39(41)30-21-22-34-38(37(30)29-18-10-12-20-35(29)45-36)28-17-9-11-19-33(28)44(34)40-42-31(26-13-5-3-6-14-26)25-32(43-40)27-15-7-4-8-16-27/h3-25H,1-2H3. The van der Waals surface area contributed by atoms with E-state index in [1.165, 1.54) is 42.8 Å². The molecule has 3 nitrogen and oxygen atoms in total. The molecule has 3 heterocycles. The molecule has 2 aromatic heterocycles. The van der Waals surface area contributed by atoms with Crippen LogP contribution in [0.2, 0.25) is 0 Å². The monoisotopic (exact) mass is 595 g/mol. The van der Waals surface area contributed by atoms with Gasteiger partial charge in [-0.3, -0.25) is 4.57 Å². The molecule has 0 saturated heterocycles. The van der Waals surface area contributed by atoms with Gasteiger partial charge in [0, 0.05) is 42.7 Å². The van der Waals surface area contributed by atoms with Crippen LogP contribution >= 0.6 is 11.8 Å². The summed E-state index contributed by atoms with van der Waals surface area (Å²) in [5.41, 5.74) is 11.3. The van der Waals surface area contributed by atoms with Crippen LogP contribution in [0.4, 0.5) is 0 Å². The summed E-state index contributed by atoms with van der Waals surface area (Å²) in [5, 5.41) is 2.44. The number of para-hydroxylation sites is 1. The van der Waals surface area contributed by atoms with Gasteiger partial charge in [0.1, 0.15) is 0 Å². The number of rotatable bonds is 3. The van der Waals surface area contributed by atoms with E-state index in [1.807, 2.05) is 23.9 Å². The van der Waals surface area contributed by atoms with Crippen LogP contribution in [-0.4, -0.2) is 14.5 Å². The second-order valence-electron chi connectivity index (χ2n) is 12.3. The molecule has 7 aromatic rings. The van der Waals surface area contributed by atoms with E-state index >= 15 is 0 Å². The van der Waals surface area contributed by atoms with Crippen LogP contribution < -0.4 is 0 Å². The molecule has 0 unspecified atom stereocenters. The number of aromatic nitrogens is 3. The molecule has 0 N–H and O–H groups in total. The SMILES string of the molecule is CC1(C)C=CC2=C1c1ccc3c(c1-c1ccccc1S2)c1ccccc1n3-c1nc(-c2ccccc2)cc(-c2ccccc2)n1. The maximum absolute atomic E-state index is 5.25. The van der Waals surface area contributed by atoms with Crippen molar-refractivity contribution in [3.05, 3.63) is 150 Å². The van der Waals surface area contributed by atoms with Gasteiger partial charge in [-0.2, -0.15) is 0 Å². The first-order valence-electron chi connectivity index (χ1n) is 15.3. The molecule has 1 aliphatic carbocycles. The van der Waals surface area contributed by atoms with Crippen LogP contribution in [-0.2, 0) is 0 Å². The van der Waals surface area contributed by atoms with E-state index in [2.05, 4.69) is 146 Å². The van der Waals surface area contributed by atoms with Crippen molar-refractivity contribution < 1.29 is 0 Å². The van der Waals surface area contributed by atoms with Crippen LogP contribution in [0.25, 0.3) is 67.0 Å². The molecular weight excluding hydrogens is 567 g/mol. The molecule has 0 fully saturated rings. The lowest BCUT2D eigenvalue weighted by Crippen LogP contribution is -2.09. The second kappa shape index (κ2) is 9.91. The Labute approximate surface area is 266 Å². The van der Waals surface area contributed by atoms with Gasteiger partial charge in [-0.05, 0) is 41.0 Å². The first kappa shape index (κ1) is 26.2. The molecule has 0 spiro atoms. The summed E-state index contributed by atoms with van der Waals surface area (Å²) in [4.78, 5) is 13.1. The van der Waals surface area contributed by atoms with Gasteiger partial charge < -0.3 is 0 Å². The van der Waals surface area contributed by atoms with E-state index in [9.17, 15) is 0 Å². The predicted octanol–water partition coefficient (Wildman–Crippen LogP) is 11.0. The zero-order valence-electron chi connectivity index (χ0n) is 25.0. The first-order valence-corrected chi connectivity index (χ1v) is 16.2. The number of hydrogen-bond donors (Lipinski definition) is 0. The summed E-state index contributed by atoms with van der Waals surface area (Å²) in [6.07, 6.45) is 4.66. The Morgan fingerprint density at radius 3 is 2.00 bits per heavy atom. The minimum absolute atomic E-state index is 0.0666. The van der Waals surface area contributed by atoms with Crippen LogP contribution in [0.15, 0.2) is 149 Å². The number of benzene rings is 5. The van der Waals surface area contributed by atoms with Crippen molar-refractivity contribution in [2.24, 2.45) is 5.41 Å². The first-order chi connectivity index (χ1) is 22.1. The highest BCUT2D eigenvalue weighted by atomic mass is 32.2. The molecule has 9 rings (SSSR count). The minimum atomic E-state index is -0.0666. The van der Waals surface area contributed by atoms with Crippen LogP contribution in [0.5, 0.6) is 0 Å². The predicted molar refractivity (Wildman–Crippen MR) is 188 cm³/mol. The molecule has 45 heavy (non-hydrogen) atoms. The topological polar surface area (TPSA) is 30.7 Å². The van der Waals surface area contributed by atoms with Gasteiger partial charge in [-0.15, -0.1) is 0 Å². The molecule has 4 heteroatoms. The molecule has 0 atom stereocenters. The van der Waals surface area contributed by atoms with Crippen molar-refractivity contribution in [1.29, 1.82) is 0 Å². The van der Waals surface area contributed by atoms with Crippen molar-refractivity contribution in [2.75, 3.05) is 0 Å². The fourth-order valence-electron chi connectivity index (χ4n) is 7.03. The van der Waals surface area contributed by atoms with Crippen LogP contribution in [0, 0.1) is 5.41 Å². The van der Waals surface area contributed by atoms with E-state index in [0.717, 1.165) is 33.5 Å². The molecule has 2 aliphatic rings. The van der Waals surface area contributed by atoms with E-state index in [4.69, 9.17) is 9.97 Å². The van der Waals surface area contributed by atoms with Crippen LogP contribution in [0.3, 0.4) is 0 Å². The molecule has 0 amide bonds. The quantitative estimate of drug-likeness (QED) is 0.204. The van der Waals surface area contributed by atoms with Gasteiger partial charge in [0.05, 0.1) is 22.4 Å². The summed E-state index contributed by atoms with van der Waals surface area (Å²) in [7, 11) is 0. The summed E-state index contributed by atoms with van der Waals surface area (Å²) >= 11 is 1.88. The number of hydrogen-bond acceptors (Lipinski definition) is 3. The second-order valence-corrected chi connectivity index (χ2v) is 13.4. The smallest absolute Gasteiger partial charge is 0.235 e. The number of fused-ring (bicyclic) bond motifs is 8. The van der Waals surface area contributed by atoms with Gasteiger partial charge >= 0.3 is 0 Å². The van der Waals surface area contributed by atoms with E-state index in [1.54, 1.807) is 0 Å². The highest BCUT2D eigenvalue weighted by Gasteiger charge is 2.35. The molecule has 214 valence electrons. The molecule has 0 radical (unpaired) electrons. The number of allylic oxidation sites excluding steroid dienone is 3. The third kappa shape index (κ3) is 4.06. The Morgan fingerprint density at radius 1 is 0.622 bits per heavy atom. The van der Waals surface area contributed by atoms with Crippen molar-refractivity contribution in [3.63, 3.8) is 0 Å². The fraction of sp³-hybridized carbons (Fsp3) is 0.0732. The maximum Gasteiger partial charge on any atom is 0.235 e. The summed E-state index contributed by atoms with van der Waals surface area (Å²) in [5.74, 6) is 0.667. The zero-order chi connectivity index (χ0) is 30.1. The molecular formula is C41H29N3S. The van der Waals surface area contributed by atoms with E-state index < -0.39 is 0 Å². The molecule has 5 aromatic carbocycles. The third-order valence-corrected chi connectivity index (χ3v) is 10.2. The van der Waals surface area contributed by atoms with Crippen molar-refractivity contribution in [3.8, 4) is 39.6 Å². The Balaban J connectivity index is 1.40. The zero-order valence-corrected chi connectivity index (χ0v) is 25.8. The van der Waals surface area contributed by atoms with E-state index in [0.29, 0.717) is 5.95 Å². The Morgan fingerprint density at radius 2 is 1.27 bits per heavy atom. The Hall–Kier alpha value is -5.19. The highest BCUT2D eigenvalue weighted by Crippen LogP contribution is 2.56. The lowest BCUT2D eigenvalue weighted by atomic mass is 9.79. The van der Waals surface area contributed by atoms with Crippen molar-refractivity contribution in [1.82, 2.24) is 14.5 Å². The lowest BCUT2D eigenvalue weighted by molar-refractivity contribution is 0.659. The summed E-state index contributed by atoms with van der Waals surface area (Å²) in [6.45, 7) is 4.65. The van der Waals surface area contributed by atoms with Gasteiger partial charge in [-0.25, -0.2) is 9.97 Å². The highest BCUT2D eigenvalue weighted by molar-refractivity contribution is 8.03. The average Bonchev–Trinajstić information content (AvgIpc) is 3.52. The summed E-state index contributed by atoms with van der Waals surface area (Å²) in [6, 6.07) is 45.1. The Kier molecular flexibility index (Phi) is 5.78. The maximum atomic E-state index is 5.25.